The Kier molecular flexibility index (Phi) is 15.1. The summed E-state index contributed by atoms with van der Waals surface area (Å²) in [6.07, 6.45) is 1.93. The minimum Gasteiger partial charge on any atom is -0.507 e. The molecule has 0 unspecified atom stereocenters. The number of nitrogens with zero attached hydrogens (tertiary/aromatic N) is 3. The maximum atomic E-state index is 12.8. The predicted octanol–water partition coefficient (Wildman–Crippen LogP) is 22.4. The van der Waals surface area contributed by atoms with Crippen LogP contribution < -0.4 is 5.19 Å². The van der Waals surface area contributed by atoms with Crippen LogP contribution in [0.15, 0.2) is 140 Å². The largest absolute Gasteiger partial charge is 0.507 e. The van der Waals surface area contributed by atoms with Crippen LogP contribution in [0.5, 0.6) is 5.75 Å². The summed E-state index contributed by atoms with van der Waals surface area (Å²) >= 11 is 0. The number of aromatic nitrogens is 3. The first-order valence-electron chi connectivity index (χ1n) is 32.6. The van der Waals surface area contributed by atoms with E-state index < -0.39 is 19.9 Å². The topological polar surface area (TPSA) is 50.9 Å². The van der Waals surface area contributed by atoms with Crippen molar-refractivity contribution in [3.05, 3.63) is 184 Å². The summed E-state index contributed by atoms with van der Waals surface area (Å²) in [7, 11) is -2.28. The monoisotopic (exact) mass is 1140 g/mol. The molecule has 0 saturated carbocycles. The first-order chi connectivity index (χ1) is 40.5. The number of hydrogen-bond donors (Lipinski definition) is 1. The highest BCUT2D eigenvalue weighted by Gasteiger charge is 2.32. The first-order valence-corrected chi connectivity index (χ1v) is 34.1. The Bertz CT molecular complexity index is 4090. The summed E-state index contributed by atoms with van der Waals surface area (Å²) < 4.78 is 41.2. The molecule has 0 atom stereocenters. The minimum atomic E-state index is -2.28. The van der Waals surface area contributed by atoms with E-state index in [1.165, 1.54) is 5.56 Å². The molecular weight excluding hydrogens is 1030 g/mol. The normalized spacial score (nSPS) is 13.9. The molecule has 0 fully saturated rings. The standard InChI is InChI=1S/C79H97N3OSi/c1-47(2)61-39-55(72-63(49(5)6)45-59(84(21,22)23)46-64(72)50(7)8)40-62(48(3)4)71(61)52-34-35-80-68(41-52)54-36-53(37-57(38-54)77(12,13)14)60-30-27-31-70-73(60)81-75(66-43-58(78(15,16)17)44-67(74(66)83)79(18,19)20)82(70)69-33-32-56(76(9,10)11)42-65(69)51-28-25-24-26-29-51/h24-50,83H,1-23H3/i45D,46D,49D,50D. The summed E-state index contributed by atoms with van der Waals surface area (Å²) in [5.41, 5.74) is 19.8. The van der Waals surface area contributed by atoms with Gasteiger partial charge in [-0.3, -0.25) is 9.55 Å². The molecule has 0 aliphatic carbocycles. The van der Waals surface area contributed by atoms with Gasteiger partial charge in [-0.05, 0) is 166 Å². The molecule has 438 valence electrons. The first kappa shape index (κ1) is 56.3. The van der Waals surface area contributed by atoms with Gasteiger partial charge in [0.05, 0.1) is 38.8 Å². The van der Waals surface area contributed by atoms with Gasteiger partial charge in [0.15, 0.2) is 0 Å². The number of benzene rings is 7. The Morgan fingerprint density at radius 2 is 1.04 bits per heavy atom. The van der Waals surface area contributed by atoms with Gasteiger partial charge in [-0.25, -0.2) is 4.98 Å². The third-order valence-corrected chi connectivity index (χ3v) is 18.6. The zero-order valence-electron chi connectivity index (χ0n) is 59.1. The molecule has 0 aliphatic heterocycles. The summed E-state index contributed by atoms with van der Waals surface area (Å²) in [5, 5.41) is 13.5. The highest BCUT2D eigenvalue weighted by Crippen LogP contribution is 2.48. The van der Waals surface area contributed by atoms with E-state index in [-0.39, 0.29) is 51.3 Å². The number of fused-ring (bicyclic) bond motifs is 1. The van der Waals surface area contributed by atoms with Crippen LogP contribution >= 0.6 is 0 Å². The SMILES string of the molecule is [2H]c1c(C([2H])(C)C)c(-c2cc(C(C)C)c(-c3ccnc(-c4cc(-c5cccc6c5nc(-c5cc(C(C)(C)C)cc(C(C)(C)C)c5O)n6-c5ccc(C(C)(C)C)cc5-c5ccccc5)cc(C(C)(C)C)c4)c3)c(C(C)C)c2)c(C([2H])(C)C)c([2H])c1[Si](C)(C)C. The van der Waals surface area contributed by atoms with Gasteiger partial charge in [0.1, 0.15) is 11.6 Å². The second-order valence-electron chi connectivity index (χ2n) is 30.0. The number of aromatic hydroxyl groups is 1. The lowest BCUT2D eigenvalue weighted by Crippen LogP contribution is -2.38. The van der Waals surface area contributed by atoms with E-state index in [4.69, 9.17) is 9.97 Å². The lowest BCUT2D eigenvalue weighted by atomic mass is 9.79. The molecule has 9 rings (SSSR count). The van der Waals surface area contributed by atoms with Crippen molar-refractivity contribution >= 4 is 24.3 Å². The van der Waals surface area contributed by atoms with Crippen molar-refractivity contribution in [3.8, 4) is 78.6 Å². The second kappa shape index (κ2) is 22.5. The van der Waals surface area contributed by atoms with Crippen LogP contribution in [0.25, 0.3) is 83.9 Å². The fraction of sp³-hybridized carbons (Fsp3) is 0.392. The maximum Gasteiger partial charge on any atom is 0.149 e. The molecule has 1 N–H and O–H groups in total. The number of imidazole rings is 1. The number of phenols is 1. The van der Waals surface area contributed by atoms with E-state index in [9.17, 15) is 10.6 Å². The van der Waals surface area contributed by atoms with Crippen LogP contribution in [-0.4, -0.2) is 27.7 Å². The Morgan fingerprint density at radius 3 is 1.57 bits per heavy atom. The van der Waals surface area contributed by atoms with Crippen LogP contribution in [0.4, 0.5) is 0 Å². The van der Waals surface area contributed by atoms with Crippen LogP contribution in [0.2, 0.25) is 19.6 Å². The van der Waals surface area contributed by atoms with Gasteiger partial charge in [0, 0.05) is 31.2 Å². The molecule has 5 heteroatoms. The molecule has 0 bridgehead atoms. The summed E-state index contributed by atoms with van der Waals surface area (Å²) in [6, 6.07) is 44.5. The van der Waals surface area contributed by atoms with Crippen molar-refractivity contribution in [2.24, 2.45) is 0 Å². The average Bonchev–Trinajstić information content (AvgIpc) is 1.08. The maximum absolute atomic E-state index is 12.8. The molecular formula is C79H97N3OSi. The summed E-state index contributed by atoms with van der Waals surface area (Å²) in [4.78, 5) is 11.0. The lowest BCUT2D eigenvalue weighted by molar-refractivity contribution is 0.446. The van der Waals surface area contributed by atoms with E-state index in [1.807, 2.05) is 33.9 Å². The van der Waals surface area contributed by atoms with Gasteiger partial charge < -0.3 is 5.11 Å². The molecule has 0 amide bonds. The van der Waals surface area contributed by atoms with Crippen molar-refractivity contribution < 1.29 is 10.6 Å². The third kappa shape index (κ3) is 12.2. The molecule has 2 heterocycles. The van der Waals surface area contributed by atoms with Crippen LogP contribution in [0.3, 0.4) is 0 Å². The highest BCUT2D eigenvalue weighted by molar-refractivity contribution is 6.88. The van der Waals surface area contributed by atoms with Crippen LogP contribution in [0.1, 0.15) is 212 Å². The van der Waals surface area contributed by atoms with Crippen molar-refractivity contribution in [2.75, 3.05) is 0 Å². The number of para-hydroxylation sites is 1. The fourth-order valence-corrected chi connectivity index (χ4v) is 12.7. The van der Waals surface area contributed by atoms with Crippen LogP contribution in [-0.2, 0) is 21.7 Å². The van der Waals surface area contributed by atoms with Crippen LogP contribution in [0, 0.1) is 0 Å². The predicted molar refractivity (Wildman–Crippen MR) is 367 cm³/mol. The molecule has 0 aliphatic rings. The van der Waals surface area contributed by atoms with Gasteiger partial charge in [-0.1, -0.05) is 248 Å². The smallest absolute Gasteiger partial charge is 0.149 e. The third-order valence-electron chi connectivity index (χ3n) is 16.8. The van der Waals surface area contributed by atoms with Crippen molar-refractivity contribution in [3.63, 3.8) is 0 Å². The van der Waals surface area contributed by atoms with Crippen molar-refractivity contribution in [2.45, 2.75) is 203 Å². The van der Waals surface area contributed by atoms with E-state index >= 15 is 0 Å². The molecule has 2 aromatic heterocycles. The molecule has 0 spiro atoms. The summed E-state index contributed by atoms with van der Waals surface area (Å²) in [5.74, 6) is -1.34. The second-order valence-corrected chi connectivity index (χ2v) is 35.0. The van der Waals surface area contributed by atoms with Crippen molar-refractivity contribution in [1.82, 2.24) is 14.5 Å². The van der Waals surface area contributed by atoms with Gasteiger partial charge in [0.2, 0.25) is 0 Å². The zero-order valence-corrected chi connectivity index (χ0v) is 56.1. The number of phenolic OH excluding ortho intramolecular Hbond substituents is 1. The number of rotatable bonds is 12. The average molecular weight is 1140 g/mol. The van der Waals surface area contributed by atoms with E-state index in [0.29, 0.717) is 33.3 Å². The van der Waals surface area contributed by atoms with Gasteiger partial charge in [-0.2, -0.15) is 0 Å². The van der Waals surface area contributed by atoms with E-state index in [2.05, 4.69) is 256 Å². The number of pyridine rings is 1. The zero-order chi connectivity index (χ0) is 65.1. The molecule has 7 aromatic carbocycles. The molecule has 0 saturated heterocycles. The van der Waals surface area contributed by atoms with Gasteiger partial charge in [-0.15, -0.1) is 0 Å². The Hall–Kier alpha value is -6.82. The summed E-state index contributed by atoms with van der Waals surface area (Å²) in [6.45, 7) is 49.5. The minimum absolute atomic E-state index is 0.0651. The van der Waals surface area contributed by atoms with E-state index in [0.717, 1.165) is 94.7 Å². The molecule has 9 aromatic rings. The fourth-order valence-electron chi connectivity index (χ4n) is 11.7. The Balaban J connectivity index is 1.32. The van der Waals surface area contributed by atoms with Gasteiger partial charge >= 0.3 is 0 Å². The Labute approximate surface area is 512 Å². The highest BCUT2D eigenvalue weighted by atomic mass is 28.3. The van der Waals surface area contributed by atoms with E-state index in [1.54, 1.807) is 0 Å². The molecule has 0 radical (unpaired) electrons. The molecule has 84 heavy (non-hydrogen) atoms. The quantitative estimate of drug-likeness (QED) is 0.124. The number of hydrogen-bond acceptors (Lipinski definition) is 3. The van der Waals surface area contributed by atoms with Crippen molar-refractivity contribution in [1.29, 1.82) is 0 Å². The lowest BCUT2D eigenvalue weighted by Gasteiger charge is -2.28. The van der Waals surface area contributed by atoms with Gasteiger partial charge in [0.25, 0.3) is 0 Å². The molecule has 4 nitrogen and oxygen atoms in total. The Morgan fingerprint density at radius 1 is 0.488 bits per heavy atom.